The van der Waals surface area contributed by atoms with Crippen molar-refractivity contribution < 1.29 is 18.0 Å². The molecule has 0 atom stereocenters. The number of amidine groups is 1. The van der Waals surface area contributed by atoms with Crippen LogP contribution in [0.25, 0.3) is 15.8 Å². The van der Waals surface area contributed by atoms with Crippen molar-refractivity contribution in [2.24, 2.45) is 10.9 Å². The van der Waals surface area contributed by atoms with Gasteiger partial charge in [-0.3, -0.25) is 0 Å². The summed E-state index contributed by atoms with van der Waals surface area (Å²) in [6, 6.07) is 8.28. The second kappa shape index (κ2) is 6.22. The van der Waals surface area contributed by atoms with Gasteiger partial charge in [-0.1, -0.05) is 26.0 Å². The van der Waals surface area contributed by atoms with Crippen LogP contribution in [0.3, 0.4) is 0 Å². The topological polar surface area (TPSA) is 68.2 Å². The number of fused-ring (bicyclic) bond motifs is 3. The van der Waals surface area contributed by atoms with Gasteiger partial charge < -0.3 is 13.3 Å². The highest BCUT2D eigenvalue weighted by Gasteiger charge is 2.53. The molecule has 4 heterocycles. The third-order valence-corrected chi connectivity index (χ3v) is 8.62. The Kier molecular flexibility index (Phi) is 3.89. The normalized spacial score (nSPS) is 21.8. The Morgan fingerprint density at radius 3 is 2.61 bits per heavy atom. The first-order chi connectivity index (χ1) is 13.5. The second-order valence-corrected chi connectivity index (χ2v) is 10.1. The van der Waals surface area contributed by atoms with Gasteiger partial charge in [0.15, 0.2) is 0 Å². The highest BCUT2D eigenvalue weighted by atomic mass is 32.3. The molecule has 0 amide bonds. The molecule has 6 nitrogen and oxygen atoms in total. The summed E-state index contributed by atoms with van der Waals surface area (Å²) < 4.78 is 12.9. The zero-order valence-electron chi connectivity index (χ0n) is 15.4. The summed E-state index contributed by atoms with van der Waals surface area (Å²) >= 11 is 1.68. The van der Waals surface area contributed by atoms with Crippen molar-refractivity contribution in [1.82, 2.24) is 4.90 Å². The first-order valence-corrected chi connectivity index (χ1v) is 11.4. The number of carbonyl (C=O) groups excluding carboxylic acids is 2. The van der Waals surface area contributed by atoms with Crippen LogP contribution < -0.4 is 0 Å². The van der Waals surface area contributed by atoms with Crippen molar-refractivity contribution in [3.8, 4) is 0 Å². The van der Waals surface area contributed by atoms with Crippen LogP contribution in [0.2, 0.25) is 0 Å². The smallest absolute Gasteiger partial charge is 0.328 e. The minimum absolute atomic E-state index is 0.00843. The average Bonchev–Trinajstić information content (AvgIpc) is 3.34. The van der Waals surface area contributed by atoms with Gasteiger partial charge in [0.1, 0.15) is 0 Å². The van der Waals surface area contributed by atoms with E-state index in [2.05, 4.69) is 33.5 Å². The van der Waals surface area contributed by atoms with Crippen molar-refractivity contribution in [2.75, 3.05) is 13.1 Å². The Hall–Kier alpha value is -2.58. The zero-order chi connectivity index (χ0) is 19.5. The molecule has 3 aliphatic rings. The van der Waals surface area contributed by atoms with E-state index in [4.69, 9.17) is 8.37 Å². The predicted octanol–water partition coefficient (Wildman–Crippen LogP) is 4.20. The SMILES string of the molecule is CC(C)C1=C(c2cccc3sccc23)N2CCN=C2S12OC(=O)C=CC(=O)O2. The van der Waals surface area contributed by atoms with E-state index in [0.29, 0.717) is 18.3 Å². The van der Waals surface area contributed by atoms with E-state index in [1.54, 1.807) is 11.3 Å². The first kappa shape index (κ1) is 17.5. The molecule has 0 N–H and O–H groups in total. The third-order valence-electron chi connectivity index (χ3n) is 4.86. The Morgan fingerprint density at radius 2 is 1.89 bits per heavy atom. The Balaban J connectivity index is 1.82. The van der Waals surface area contributed by atoms with Gasteiger partial charge in [0.05, 0.1) is 17.1 Å². The fourth-order valence-electron chi connectivity index (χ4n) is 3.89. The fraction of sp³-hybridized carbons (Fsp3) is 0.250. The maximum Gasteiger partial charge on any atom is 0.354 e. The number of allylic oxidation sites excluding steroid dienone is 1. The molecule has 5 rings (SSSR count). The van der Waals surface area contributed by atoms with Crippen molar-refractivity contribution in [2.45, 2.75) is 13.8 Å². The van der Waals surface area contributed by atoms with Crippen LogP contribution in [0.1, 0.15) is 19.4 Å². The molecule has 1 spiro atoms. The summed E-state index contributed by atoms with van der Waals surface area (Å²) in [7, 11) is -2.77. The van der Waals surface area contributed by atoms with Gasteiger partial charge in [-0.05, 0) is 34.0 Å². The molecule has 0 aliphatic carbocycles. The molecule has 2 aromatic rings. The zero-order valence-corrected chi connectivity index (χ0v) is 17.0. The number of hydrogen-bond donors (Lipinski definition) is 0. The van der Waals surface area contributed by atoms with E-state index in [9.17, 15) is 9.59 Å². The highest BCUT2D eigenvalue weighted by molar-refractivity contribution is 8.42. The monoisotopic (exact) mass is 414 g/mol. The van der Waals surface area contributed by atoms with E-state index in [-0.39, 0.29) is 5.92 Å². The van der Waals surface area contributed by atoms with Crippen molar-refractivity contribution in [1.29, 1.82) is 0 Å². The second-order valence-electron chi connectivity index (χ2n) is 6.96. The van der Waals surface area contributed by atoms with E-state index in [0.717, 1.165) is 33.7 Å². The Labute approximate surface area is 167 Å². The van der Waals surface area contributed by atoms with Gasteiger partial charge in [-0.25, -0.2) is 14.6 Å². The lowest BCUT2D eigenvalue weighted by Crippen LogP contribution is -2.27. The van der Waals surface area contributed by atoms with Crippen LogP contribution in [0, 0.1) is 5.92 Å². The molecule has 0 saturated carbocycles. The number of rotatable bonds is 2. The Bertz CT molecular complexity index is 1090. The summed E-state index contributed by atoms with van der Waals surface area (Å²) in [6.45, 7) is 5.29. The molecule has 8 heteroatoms. The summed E-state index contributed by atoms with van der Waals surface area (Å²) in [5, 5.41) is 3.76. The van der Waals surface area contributed by atoms with E-state index in [1.165, 1.54) is 4.70 Å². The fourth-order valence-corrected chi connectivity index (χ4v) is 7.66. The van der Waals surface area contributed by atoms with Crippen molar-refractivity contribution in [3.05, 3.63) is 52.3 Å². The summed E-state index contributed by atoms with van der Waals surface area (Å²) in [5.41, 5.74) is 2.00. The van der Waals surface area contributed by atoms with E-state index < -0.39 is 22.5 Å². The number of hydrogen-bond acceptors (Lipinski definition) is 7. The molecule has 1 aromatic heterocycles. The van der Waals surface area contributed by atoms with Crippen LogP contribution in [-0.4, -0.2) is 35.1 Å². The van der Waals surface area contributed by atoms with Crippen molar-refractivity contribution in [3.63, 3.8) is 0 Å². The molecular formula is C20H18N2O4S2. The minimum Gasteiger partial charge on any atom is -0.328 e. The van der Waals surface area contributed by atoms with Gasteiger partial charge in [-0.15, -0.1) is 11.3 Å². The van der Waals surface area contributed by atoms with Gasteiger partial charge in [-0.2, -0.15) is 0 Å². The summed E-state index contributed by atoms with van der Waals surface area (Å²) in [4.78, 5) is 32.2. The van der Waals surface area contributed by atoms with Gasteiger partial charge in [0, 0.05) is 34.3 Å². The Morgan fingerprint density at radius 1 is 1.14 bits per heavy atom. The molecular weight excluding hydrogens is 396 g/mol. The molecule has 0 unspecified atom stereocenters. The molecule has 0 saturated heterocycles. The van der Waals surface area contributed by atoms with Crippen molar-refractivity contribution >= 4 is 54.8 Å². The first-order valence-electron chi connectivity index (χ1n) is 9.02. The maximum absolute atomic E-state index is 12.3. The molecule has 28 heavy (non-hydrogen) atoms. The lowest BCUT2D eigenvalue weighted by Gasteiger charge is -2.38. The number of nitrogens with zero attached hydrogens (tertiary/aromatic N) is 2. The number of carbonyl (C=O) groups is 2. The molecule has 0 radical (unpaired) electrons. The average molecular weight is 415 g/mol. The van der Waals surface area contributed by atoms with Gasteiger partial charge in [0.2, 0.25) is 5.17 Å². The predicted molar refractivity (Wildman–Crippen MR) is 112 cm³/mol. The van der Waals surface area contributed by atoms with Crippen LogP contribution in [0.5, 0.6) is 0 Å². The summed E-state index contributed by atoms with van der Waals surface area (Å²) in [5.74, 6) is -1.17. The minimum atomic E-state index is -2.77. The summed E-state index contributed by atoms with van der Waals surface area (Å²) in [6.07, 6.45) is 2.25. The van der Waals surface area contributed by atoms with E-state index in [1.807, 2.05) is 19.9 Å². The molecule has 1 aromatic carbocycles. The largest absolute Gasteiger partial charge is 0.354 e. The lowest BCUT2D eigenvalue weighted by molar-refractivity contribution is -0.129. The molecule has 3 aliphatic heterocycles. The molecule has 144 valence electrons. The lowest BCUT2D eigenvalue weighted by atomic mass is 10.0. The van der Waals surface area contributed by atoms with Crippen LogP contribution in [-0.2, 0) is 18.0 Å². The standard InChI is InChI=1S/C20H18N2O4S2/c1-12(2)19-18(14-4-3-5-15-13(14)8-11-27-15)22-10-9-21-20(22)28(19)25-16(23)6-7-17(24)26-28/h3-8,11-12H,9-10H2,1-2H3. The number of thiophene rings is 1. The van der Waals surface area contributed by atoms with Gasteiger partial charge >= 0.3 is 11.9 Å². The number of aliphatic imine (C=N–C) groups is 1. The number of benzene rings is 1. The maximum atomic E-state index is 12.3. The van der Waals surface area contributed by atoms with Crippen LogP contribution >= 0.6 is 21.9 Å². The van der Waals surface area contributed by atoms with Gasteiger partial charge in [0.25, 0.3) is 0 Å². The third kappa shape index (κ3) is 2.37. The van der Waals surface area contributed by atoms with Crippen LogP contribution in [0.15, 0.2) is 51.7 Å². The molecule has 0 bridgehead atoms. The highest BCUT2D eigenvalue weighted by Crippen LogP contribution is 2.70. The van der Waals surface area contributed by atoms with E-state index >= 15 is 0 Å². The van der Waals surface area contributed by atoms with Crippen LogP contribution in [0.4, 0.5) is 0 Å². The molecule has 0 fully saturated rings. The quantitative estimate of drug-likeness (QED) is 0.737.